The molecule has 0 radical (unpaired) electrons. The van der Waals surface area contributed by atoms with Gasteiger partial charge in [-0.15, -0.1) is 0 Å². The first-order chi connectivity index (χ1) is 17.9. The fourth-order valence-electron chi connectivity index (χ4n) is 3.78. The molecule has 0 amide bonds. The van der Waals surface area contributed by atoms with E-state index in [1.54, 1.807) is 24.3 Å². The summed E-state index contributed by atoms with van der Waals surface area (Å²) in [4.78, 5) is 7.94. The van der Waals surface area contributed by atoms with Crippen molar-refractivity contribution in [2.45, 2.75) is 19.4 Å². The average molecular weight is 520 g/mol. The number of halogens is 1. The van der Waals surface area contributed by atoms with Crippen molar-refractivity contribution in [1.82, 2.24) is 24.5 Å². The zero-order chi connectivity index (χ0) is 26.0. The maximum Gasteiger partial charge on any atom is 0.250 e. The van der Waals surface area contributed by atoms with Crippen LogP contribution in [0.3, 0.4) is 0 Å². The third-order valence-electron chi connectivity index (χ3n) is 5.76. The first-order valence-corrected chi connectivity index (χ1v) is 13.0. The Labute approximate surface area is 212 Å². The Balaban J connectivity index is 1.41. The van der Waals surface area contributed by atoms with E-state index < -0.39 is 15.8 Å². The smallest absolute Gasteiger partial charge is 0.250 e. The number of aromatic nitrogens is 4. The van der Waals surface area contributed by atoms with Crippen LogP contribution in [0.5, 0.6) is 11.5 Å². The van der Waals surface area contributed by atoms with E-state index in [9.17, 15) is 13.7 Å². The lowest BCUT2D eigenvalue weighted by Crippen LogP contribution is -2.28. The van der Waals surface area contributed by atoms with Crippen molar-refractivity contribution in [1.29, 1.82) is 5.26 Å². The molecule has 0 unspecified atom stereocenters. The minimum Gasteiger partial charge on any atom is -0.457 e. The molecule has 4 aromatic rings. The first-order valence-electron chi connectivity index (χ1n) is 11.5. The molecule has 37 heavy (non-hydrogen) atoms. The number of sulfonamides is 1. The second-order valence-corrected chi connectivity index (χ2v) is 10.2. The summed E-state index contributed by atoms with van der Waals surface area (Å²) < 4.78 is 49.8. The Hall–Kier alpha value is -4.34. The maximum atomic E-state index is 15.2. The molecule has 0 atom stereocenters. The molecule has 0 aliphatic heterocycles. The molecule has 1 fully saturated rings. The van der Waals surface area contributed by atoms with Crippen LogP contribution < -0.4 is 15.2 Å². The molecule has 2 heterocycles. The lowest BCUT2D eigenvalue weighted by molar-refractivity contribution is 0.477. The van der Waals surface area contributed by atoms with E-state index in [2.05, 4.69) is 19.8 Å². The number of para-hydroxylation sites is 1. The predicted octanol–water partition coefficient (Wildman–Crippen LogP) is 3.74. The van der Waals surface area contributed by atoms with Crippen molar-refractivity contribution in [3.05, 3.63) is 71.7 Å². The van der Waals surface area contributed by atoms with E-state index in [0.29, 0.717) is 22.5 Å². The number of nitriles is 1. The minimum atomic E-state index is -3.96. The molecule has 12 heteroatoms. The molecule has 1 aliphatic carbocycles. The summed E-state index contributed by atoms with van der Waals surface area (Å²) in [6.07, 6.45) is 4.48. The van der Waals surface area contributed by atoms with Crippen LogP contribution in [0.2, 0.25) is 0 Å². The van der Waals surface area contributed by atoms with Crippen molar-refractivity contribution >= 4 is 26.9 Å². The molecule has 0 spiro atoms. The minimum absolute atomic E-state index is 0.0607. The van der Waals surface area contributed by atoms with Crippen LogP contribution in [0.4, 0.5) is 10.2 Å². The molecule has 3 N–H and O–H groups in total. The number of allylic oxidation sites excluding steroid dienone is 2. The summed E-state index contributed by atoms with van der Waals surface area (Å²) in [5, 5.41) is 14.1. The zero-order valence-electron chi connectivity index (χ0n) is 19.5. The average Bonchev–Trinajstić information content (AvgIpc) is 3.63. The van der Waals surface area contributed by atoms with Gasteiger partial charge in [0, 0.05) is 18.2 Å². The third-order valence-corrected chi connectivity index (χ3v) is 7.15. The van der Waals surface area contributed by atoms with E-state index in [0.717, 1.165) is 12.8 Å². The van der Waals surface area contributed by atoms with Gasteiger partial charge in [0.05, 0.1) is 11.9 Å². The van der Waals surface area contributed by atoms with Gasteiger partial charge >= 0.3 is 0 Å². The molecule has 1 saturated carbocycles. The topological polar surface area (TPSA) is 149 Å². The van der Waals surface area contributed by atoms with E-state index in [4.69, 9.17) is 10.5 Å². The number of hydrogen-bond donors (Lipinski definition) is 2. The van der Waals surface area contributed by atoms with Gasteiger partial charge in [-0.3, -0.25) is 0 Å². The fraction of sp³-hybridized carbons (Fsp3) is 0.200. The van der Waals surface area contributed by atoms with Gasteiger partial charge in [-0.2, -0.15) is 10.4 Å². The van der Waals surface area contributed by atoms with Gasteiger partial charge < -0.3 is 10.5 Å². The van der Waals surface area contributed by atoms with Crippen LogP contribution in [0.15, 0.2) is 65.8 Å². The van der Waals surface area contributed by atoms with Gasteiger partial charge in [0.15, 0.2) is 10.6 Å². The Bertz CT molecular complexity index is 1640. The van der Waals surface area contributed by atoms with Crippen molar-refractivity contribution in [3.8, 4) is 28.8 Å². The van der Waals surface area contributed by atoms with Gasteiger partial charge in [-0.1, -0.05) is 24.3 Å². The Morgan fingerprint density at radius 3 is 2.70 bits per heavy atom. The van der Waals surface area contributed by atoms with Gasteiger partial charge in [0.25, 0.3) is 0 Å². The van der Waals surface area contributed by atoms with Crippen molar-refractivity contribution in [3.63, 3.8) is 0 Å². The highest BCUT2D eigenvalue weighted by molar-refractivity contribution is 7.93. The summed E-state index contributed by atoms with van der Waals surface area (Å²) in [6.45, 7) is -0.0103. The molecule has 2 aromatic heterocycles. The first kappa shape index (κ1) is 24.4. The van der Waals surface area contributed by atoms with E-state index in [1.807, 2.05) is 18.2 Å². The van der Waals surface area contributed by atoms with E-state index in [-0.39, 0.29) is 41.0 Å². The second-order valence-electron chi connectivity index (χ2n) is 8.46. The number of fused-ring (bicyclic) bond motifs is 1. The van der Waals surface area contributed by atoms with Crippen LogP contribution in [-0.4, -0.2) is 34.7 Å². The summed E-state index contributed by atoms with van der Waals surface area (Å²) in [5.41, 5.74) is 6.78. The number of anilines is 1. The van der Waals surface area contributed by atoms with Gasteiger partial charge in [0.1, 0.15) is 41.2 Å². The van der Waals surface area contributed by atoms with Crippen LogP contribution in [-0.2, 0) is 16.6 Å². The number of benzene rings is 2. The highest BCUT2D eigenvalue weighted by Gasteiger charge is 2.25. The molecule has 1 aliphatic rings. The summed E-state index contributed by atoms with van der Waals surface area (Å²) >= 11 is 0. The molecule has 5 rings (SSSR count). The van der Waals surface area contributed by atoms with E-state index in [1.165, 1.54) is 29.2 Å². The van der Waals surface area contributed by atoms with Crippen molar-refractivity contribution in [2.75, 3.05) is 12.3 Å². The predicted molar refractivity (Wildman–Crippen MR) is 135 cm³/mol. The summed E-state index contributed by atoms with van der Waals surface area (Å²) in [6, 6.07) is 15.1. The lowest BCUT2D eigenvalue weighted by Gasteiger charge is -2.07. The van der Waals surface area contributed by atoms with Gasteiger partial charge in [0.2, 0.25) is 10.0 Å². The number of nitrogens with zero attached hydrogens (tertiary/aromatic N) is 5. The number of ether oxygens (including phenoxy) is 1. The van der Waals surface area contributed by atoms with Gasteiger partial charge in [-0.05, 0) is 43.0 Å². The number of nitrogens with two attached hydrogens (primary N) is 1. The molecular formula is C25H22FN7O3S. The molecular weight excluding hydrogens is 497 g/mol. The standard InChI is InChI=1S/C25H22FN7O3S/c26-21-13-18(36-17-4-2-1-3-5-17)8-9-20(21)23-22-24(28)29-15-30-25(22)33(32-23)11-10-31-37(34,35)19(14-27)12-16-6-7-16/h1-5,8-9,12-13,15-16,31H,6-7,10-11H2,(H2,28,29,30)/b19-12+. The number of hydrogen-bond acceptors (Lipinski definition) is 8. The van der Waals surface area contributed by atoms with Crippen molar-refractivity contribution in [2.24, 2.45) is 5.92 Å². The third kappa shape index (κ3) is 5.28. The summed E-state index contributed by atoms with van der Waals surface area (Å²) in [5.74, 6) is 0.518. The largest absolute Gasteiger partial charge is 0.457 e. The second kappa shape index (κ2) is 9.96. The van der Waals surface area contributed by atoms with Crippen LogP contribution in [0.1, 0.15) is 12.8 Å². The quantitative estimate of drug-likeness (QED) is 0.318. The van der Waals surface area contributed by atoms with Crippen LogP contribution in [0, 0.1) is 23.1 Å². The van der Waals surface area contributed by atoms with E-state index >= 15 is 4.39 Å². The number of rotatable bonds is 9. The Morgan fingerprint density at radius 1 is 1.22 bits per heavy atom. The molecule has 0 saturated heterocycles. The maximum absolute atomic E-state index is 15.2. The summed E-state index contributed by atoms with van der Waals surface area (Å²) in [7, 11) is -3.96. The zero-order valence-corrected chi connectivity index (χ0v) is 20.3. The highest BCUT2D eigenvalue weighted by Crippen LogP contribution is 2.34. The van der Waals surface area contributed by atoms with Crippen LogP contribution >= 0.6 is 0 Å². The molecule has 188 valence electrons. The molecule has 10 nitrogen and oxygen atoms in total. The van der Waals surface area contributed by atoms with Gasteiger partial charge in [-0.25, -0.2) is 32.2 Å². The van der Waals surface area contributed by atoms with Crippen molar-refractivity contribution < 1.29 is 17.5 Å². The lowest BCUT2D eigenvalue weighted by atomic mass is 10.1. The SMILES string of the molecule is N#C/C(=C\C1CC1)S(=O)(=O)NCCn1nc(-c2ccc(Oc3ccccc3)cc2F)c2c(N)ncnc21. The Kier molecular flexibility index (Phi) is 6.56. The number of nitrogen functional groups attached to an aromatic ring is 1. The molecule has 0 bridgehead atoms. The Morgan fingerprint density at radius 2 is 2.00 bits per heavy atom. The van der Waals surface area contributed by atoms with Crippen LogP contribution in [0.25, 0.3) is 22.3 Å². The fourth-order valence-corrected chi connectivity index (χ4v) is 4.79. The normalized spacial score (nSPS) is 14.0. The highest BCUT2D eigenvalue weighted by atomic mass is 32.2. The monoisotopic (exact) mass is 519 g/mol. The number of nitrogens with one attached hydrogen (secondary N) is 1. The molecule has 2 aromatic carbocycles.